The van der Waals surface area contributed by atoms with Crippen LogP contribution in [0.25, 0.3) is 0 Å². The molecule has 0 aliphatic carbocycles. The summed E-state index contributed by atoms with van der Waals surface area (Å²) in [6.45, 7) is 9.58. The molecule has 0 spiro atoms. The molecule has 98 valence electrons. The molecule has 1 amide bonds. The molecule has 0 unspecified atom stereocenters. The molecular weight excluding hydrogens is 226 g/mol. The molecule has 0 heterocycles. The van der Waals surface area contributed by atoms with Gasteiger partial charge in [0, 0.05) is 11.0 Å². The Bertz CT molecular complexity index is 470. The first kappa shape index (κ1) is 14.4. The summed E-state index contributed by atoms with van der Waals surface area (Å²) in [4.78, 5) is 23.6. The van der Waals surface area contributed by atoms with Crippen molar-refractivity contribution in [2.45, 2.75) is 34.6 Å². The first-order chi connectivity index (χ1) is 8.21. The van der Waals surface area contributed by atoms with Gasteiger partial charge in [0.15, 0.2) is 5.78 Å². The molecule has 3 heteroatoms. The maximum Gasteiger partial charge on any atom is 0.251 e. The van der Waals surface area contributed by atoms with Crippen LogP contribution < -0.4 is 5.32 Å². The van der Waals surface area contributed by atoms with E-state index in [-0.39, 0.29) is 18.2 Å². The zero-order valence-corrected chi connectivity index (χ0v) is 11.8. The van der Waals surface area contributed by atoms with Crippen LogP contribution in [0, 0.1) is 19.3 Å². The van der Waals surface area contributed by atoms with Gasteiger partial charge in [0.2, 0.25) is 0 Å². The van der Waals surface area contributed by atoms with Gasteiger partial charge in [0.25, 0.3) is 5.91 Å². The topological polar surface area (TPSA) is 46.2 Å². The van der Waals surface area contributed by atoms with E-state index in [2.05, 4.69) is 5.32 Å². The van der Waals surface area contributed by atoms with Crippen molar-refractivity contribution >= 4 is 11.7 Å². The molecule has 0 radical (unpaired) electrons. The number of carbonyl (C=O) groups excluding carboxylic acids is 2. The Morgan fingerprint density at radius 2 is 1.72 bits per heavy atom. The molecule has 1 aromatic carbocycles. The van der Waals surface area contributed by atoms with Crippen LogP contribution in [0.4, 0.5) is 0 Å². The van der Waals surface area contributed by atoms with Crippen LogP contribution in [0.2, 0.25) is 0 Å². The average molecular weight is 247 g/mol. The lowest BCUT2D eigenvalue weighted by atomic mass is 9.91. The second kappa shape index (κ2) is 5.34. The summed E-state index contributed by atoms with van der Waals surface area (Å²) in [5.41, 5.74) is 2.40. The molecule has 1 rings (SSSR count). The third kappa shape index (κ3) is 3.69. The van der Waals surface area contributed by atoms with E-state index in [1.54, 1.807) is 6.07 Å². The Morgan fingerprint density at radius 1 is 1.11 bits per heavy atom. The van der Waals surface area contributed by atoms with E-state index in [0.29, 0.717) is 5.56 Å². The Labute approximate surface area is 109 Å². The molecule has 0 saturated carbocycles. The molecule has 0 fully saturated rings. The van der Waals surface area contributed by atoms with E-state index >= 15 is 0 Å². The van der Waals surface area contributed by atoms with Gasteiger partial charge in [-0.25, -0.2) is 0 Å². The molecule has 0 aliphatic rings. The number of Topliss-reactive ketones (excluding diaryl/α,β-unsaturated/α-hetero) is 1. The van der Waals surface area contributed by atoms with Crippen molar-refractivity contribution in [3.05, 3.63) is 34.9 Å². The highest BCUT2D eigenvalue weighted by atomic mass is 16.2. The summed E-state index contributed by atoms with van der Waals surface area (Å²) in [6.07, 6.45) is 0. The van der Waals surface area contributed by atoms with Gasteiger partial charge in [0.1, 0.15) is 0 Å². The number of aryl methyl sites for hydroxylation is 2. The van der Waals surface area contributed by atoms with E-state index in [1.165, 1.54) is 0 Å². The third-order valence-electron chi connectivity index (χ3n) is 3.02. The van der Waals surface area contributed by atoms with Crippen LogP contribution in [0.3, 0.4) is 0 Å². The molecule has 0 bridgehead atoms. The SMILES string of the molecule is Cc1ccc(C(=O)NCC(=O)C(C)(C)C)cc1C. The van der Waals surface area contributed by atoms with Gasteiger partial charge in [-0.1, -0.05) is 26.8 Å². The van der Waals surface area contributed by atoms with E-state index in [1.807, 2.05) is 46.8 Å². The molecule has 0 saturated heterocycles. The normalized spacial score (nSPS) is 11.2. The minimum absolute atomic E-state index is 0.0275. The predicted octanol–water partition coefficient (Wildman–Crippen LogP) is 2.65. The Morgan fingerprint density at radius 3 is 2.22 bits per heavy atom. The van der Waals surface area contributed by atoms with Gasteiger partial charge in [-0.3, -0.25) is 9.59 Å². The molecule has 0 aromatic heterocycles. The quantitative estimate of drug-likeness (QED) is 0.892. The average Bonchev–Trinajstić information content (AvgIpc) is 2.27. The standard InChI is InChI=1S/C15H21NO2/c1-10-6-7-12(8-11(10)2)14(18)16-9-13(17)15(3,4)5/h6-8H,9H2,1-5H3,(H,16,18). The second-order valence-electron chi connectivity index (χ2n) is 5.65. The highest BCUT2D eigenvalue weighted by molar-refractivity contribution is 5.97. The summed E-state index contributed by atoms with van der Waals surface area (Å²) in [7, 11) is 0. The van der Waals surface area contributed by atoms with Gasteiger partial charge < -0.3 is 5.32 Å². The summed E-state index contributed by atoms with van der Waals surface area (Å²) in [6, 6.07) is 5.53. The van der Waals surface area contributed by atoms with Crippen molar-refractivity contribution in [2.75, 3.05) is 6.54 Å². The summed E-state index contributed by atoms with van der Waals surface area (Å²) >= 11 is 0. The molecule has 1 aromatic rings. The summed E-state index contributed by atoms with van der Waals surface area (Å²) in [5.74, 6) is -0.171. The minimum Gasteiger partial charge on any atom is -0.345 e. The van der Waals surface area contributed by atoms with Crippen LogP contribution in [0.15, 0.2) is 18.2 Å². The van der Waals surface area contributed by atoms with E-state index in [9.17, 15) is 9.59 Å². The molecule has 3 nitrogen and oxygen atoms in total. The van der Waals surface area contributed by atoms with Gasteiger partial charge in [-0.05, 0) is 37.1 Å². The third-order valence-corrected chi connectivity index (χ3v) is 3.02. The minimum atomic E-state index is -0.420. The lowest BCUT2D eigenvalue weighted by Gasteiger charge is -2.16. The number of nitrogens with one attached hydrogen (secondary N) is 1. The predicted molar refractivity (Wildman–Crippen MR) is 72.7 cm³/mol. The number of hydrogen-bond acceptors (Lipinski definition) is 2. The fourth-order valence-electron chi connectivity index (χ4n) is 1.41. The van der Waals surface area contributed by atoms with Crippen molar-refractivity contribution in [3.63, 3.8) is 0 Å². The zero-order chi connectivity index (χ0) is 13.9. The van der Waals surface area contributed by atoms with Crippen LogP contribution in [-0.2, 0) is 4.79 Å². The fourth-order valence-corrected chi connectivity index (χ4v) is 1.41. The van der Waals surface area contributed by atoms with Crippen molar-refractivity contribution in [1.82, 2.24) is 5.32 Å². The molecule has 0 aliphatic heterocycles. The van der Waals surface area contributed by atoms with Gasteiger partial charge >= 0.3 is 0 Å². The largest absolute Gasteiger partial charge is 0.345 e. The van der Waals surface area contributed by atoms with E-state index < -0.39 is 5.41 Å². The van der Waals surface area contributed by atoms with Gasteiger partial charge in [0.05, 0.1) is 6.54 Å². The van der Waals surface area contributed by atoms with Crippen LogP contribution >= 0.6 is 0 Å². The van der Waals surface area contributed by atoms with Crippen LogP contribution in [0.5, 0.6) is 0 Å². The summed E-state index contributed by atoms with van der Waals surface area (Å²) < 4.78 is 0. The lowest BCUT2D eigenvalue weighted by molar-refractivity contribution is -0.125. The van der Waals surface area contributed by atoms with Crippen LogP contribution in [0.1, 0.15) is 42.3 Å². The highest BCUT2D eigenvalue weighted by Gasteiger charge is 2.21. The number of ketones is 1. The van der Waals surface area contributed by atoms with Crippen molar-refractivity contribution in [2.24, 2.45) is 5.41 Å². The number of benzene rings is 1. The highest BCUT2D eigenvalue weighted by Crippen LogP contribution is 2.14. The summed E-state index contributed by atoms with van der Waals surface area (Å²) in [5, 5.41) is 2.66. The monoisotopic (exact) mass is 247 g/mol. The first-order valence-electron chi connectivity index (χ1n) is 6.10. The maximum absolute atomic E-state index is 11.9. The number of hydrogen-bond donors (Lipinski definition) is 1. The van der Waals surface area contributed by atoms with Crippen molar-refractivity contribution in [3.8, 4) is 0 Å². The van der Waals surface area contributed by atoms with E-state index in [4.69, 9.17) is 0 Å². The van der Waals surface area contributed by atoms with Gasteiger partial charge in [-0.15, -0.1) is 0 Å². The molecular formula is C15H21NO2. The number of rotatable bonds is 3. The van der Waals surface area contributed by atoms with Crippen LogP contribution in [-0.4, -0.2) is 18.2 Å². The molecule has 1 N–H and O–H groups in total. The fraction of sp³-hybridized carbons (Fsp3) is 0.467. The first-order valence-corrected chi connectivity index (χ1v) is 6.10. The Hall–Kier alpha value is -1.64. The molecule has 0 atom stereocenters. The Kier molecular flexibility index (Phi) is 4.28. The Balaban J connectivity index is 2.66. The number of amides is 1. The molecule has 18 heavy (non-hydrogen) atoms. The smallest absolute Gasteiger partial charge is 0.251 e. The van der Waals surface area contributed by atoms with Gasteiger partial charge in [-0.2, -0.15) is 0 Å². The maximum atomic E-state index is 11.9. The van der Waals surface area contributed by atoms with Crippen molar-refractivity contribution < 1.29 is 9.59 Å². The second-order valence-corrected chi connectivity index (χ2v) is 5.65. The van der Waals surface area contributed by atoms with E-state index in [0.717, 1.165) is 11.1 Å². The lowest BCUT2D eigenvalue weighted by Crippen LogP contribution is -2.35. The number of carbonyl (C=O) groups is 2. The van der Waals surface area contributed by atoms with Crippen molar-refractivity contribution in [1.29, 1.82) is 0 Å². The zero-order valence-electron chi connectivity index (χ0n) is 11.8.